The van der Waals surface area contributed by atoms with Crippen LogP contribution in [-0.2, 0) is 4.79 Å². The molecule has 8 heteroatoms. The largest absolute Gasteiger partial charge is 0.508 e. The quantitative estimate of drug-likeness (QED) is 0.228. The summed E-state index contributed by atoms with van der Waals surface area (Å²) in [6, 6.07) is 26.4. The second-order valence-corrected chi connectivity index (χ2v) is 8.07. The highest BCUT2D eigenvalue weighted by Crippen LogP contribution is 2.27. The van der Waals surface area contributed by atoms with E-state index in [0.29, 0.717) is 17.4 Å². The Balaban J connectivity index is 1.50. The van der Waals surface area contributed by atoms with Crippen LogP contribution in [0.15, 0.2) is 95.2 Å². The molecule has 1 aromatic heterocycles. The number of carbonyl (C=O) groups excluding carboxylic acids is 1. The van der Waals surface area contributed by atoms with Gasteiger partial charge in [-0.05, 0) is 48.4 Å². The summed E-state index contributed by atoms with van der Waals surface area (Å²) < 4.78 is 1.95. The van der Waals surface area contributed by atoms with Crippen molar-refractivity contribution in [3.8, 4) is 22.8 Å². The molecule has 1 heterocycles. The molecular weight excluding hydrogens is 434 g/mol. The van der Waals surface area contributed by atoms with Crippen LogP contribution in [-0.4, -0.2) is 37.2 Å². The lowest BCUT2D eigenvalue weighted by molar-refractivity contribution is -0.118. The Bertz CT molecular complexity index is 1240. The molecule has 166 valence electrons. The monoisotopic (exact) mass is 457 g/mol. The van der Waals surface area contributed by atoms with Crippen LogP contribution >= 0.6 is 11.8 Å². The number of carbonyl (C=O) groups is 1. The first-order valence-corrected chi connectivity index (χ1v) is 11.5. The normalized spacial score (nSPS) is 11.4. The topological polar surface area (TPSA) is 92.4 Å². The summed E-state index contributed by atoms with van der Waals surface area (Å²) in [5, 5.41) is 23.1. The highest BCUT2D eigenvalue weighted by Gasteiger charge is 2.17. The fourth-order valence-corrected chi connectivity index (χ4v) is 3.99. The predicted molar refractivity (Wildman–Crippen MR) is 131 cm³/mol. The van der Waals surface area contributed by atoms with Gasteiger partial charge >= 0.3 is 0 Å². The third-order valence-electron chi connectivity index (χ3n) is 4.86. The zero-order valence-electron chi connectivity index (χ0n) is 18.0. The molecule has 0 atom stereocenters. The van der Waals surface area contributed by atoms with Crippen molar-refractivity contribution in [2.45, 2.75) is 18.5 Å². The van der Waals surface area contributed by atoms with E-state index < -0.39 is 0 Å². The van der Waals surface area contributed by atoms with E-state index in [-0.39, 0.29) is 17.4 Å². The number of benzene rings is 3. The number of thioether (sulfide) groups is 1. The van der Waals surface area contributed by atoms with Gasteiger partial charge in [-0.15, -0.1) is 10.2 Å². The first-order chi connectivity index (χ1) is 16.2. The SMILES string of the molecule is CC/C(=N\NC(=O)CSc1nnc(-c2ccccc2)n1-c1ccccc1)c1ccc(O)cc1. The molecule has 0 bridgehead atoms. The van der Waals surface area contributed by atoms with Crippen molar-refractivity contribution >= 4 is 23.4 Å². The molecule has 0 aliphatic rings. The van der Waals surface area contributed by atoms with Crippen molar-refractivity contribution in [3.63, 3.8) is 0 Å². The van der Waals surface area contributed by atoms with Crippen molar-refractivity contribution in [2.24, 2.45) is 5.10 Å². The van der Waals surface area contributed by atoms with Crippen molar-refractivity contribution in [1.29, 1.82) is 0 Å². The van der Waals surface area contributed by atoms with E-state index in [1.165, 1.54) is 11.8 Å². The summed E-state index contributed by atoms with van der Waals surface area (Å²) in [6.07, 6.45) is 0.640. The fourth-order valence-electron chi connectivity index (χ4n) is 3.24. The van der Waals surface area contributed by atoms with Crippen LogP contribution < -0.4 is 5.43 Å². The van der Waals surface area contributed by atoms with Gasteiger partial charge in [0.15, 0.2) is 11.0 Å². The Morgan fingerprint density at radius 3 is 2.30 bits per heavy atom. The van der Waals surface area contributed by atoms with Gasteiger partial charge in [0.25, 0.3) is 5.91 Å². The maximum atomic E-state index is 12.5. The van der Waals surface area contributed by atoms with Crippen molar-refractivity contribution in [1.82, 2.24) is 20.2 Å². The Hall–Kier alpha value is -3.91. The molecule has 0 fully saturated rings. The highest BCUT2D eigenvalue weighted by molar-refractivity contribution is 7.99. The molecule has 0 aliphatic heterocycles. The Kier molecular flexibility index (Phi) is 7.16. The van der Waals surface area contributed by atoms with Crippen LogP contribution in [0.3, 0.4) is 0 Å². The molecule has 2 N–H and O–H groups in total. The molecule has 0 saturated carbocycles. The number of hydrazone groups is 1. The minimum atomic E-state index is -0.242. The minimum Gasteiger partial charge on any atom is -0.508 e. The van der Waals surface area contributed by atoms with Gasteiger partial charge in [0.1, 0.15) is 5.75 Å². The molecule has 1 amide bonds. The van der Waals surface area contributed by atoms with Gasteiger partial charge in [0.05, 0.1) is 11.5 Å². The number of aromatic hydroxyl groups is 1. The van der Waals surface area contributed by atoms with Gasteiger partial charge in [0, 0.05) is 11.3 Å². The third-order valence-corrected chi connectivity index (χ3v) is 5.79. The minimum absolute atomic E-state index is 0.135. The molecule has 4 aromatic rings. The van der Waals surface area contributed by atoms with Crippen molar-refractivity contribution in [3.05, 3.63) is 90.5 Å². The van der Waals surface area contributed by atoms with E-state index in [4.69, 9.17) is 0 Å². The standard InChI is InChI=1S/C25H23N5O2S/c1-2-22(18-13-15-21(31)16-14-18)26-27-23(32)17-33-25-29-28-24(19-9-5-3-6-10-19)30(25)20-11-7-4-8-12-20/h3-16,31H,2,17H2,1H3,(H,27,32)/b26-22+. The summed E-state index contributed by atoms with van der Waals surface area (Å²) >= 11 is 1.30. The number of hydrogen-bond donors (Lipinski definition) is 2. The molecule has 0 unspecified atom stereocenters. The molecule has 0 radical (unpaired) electrons. The summed E-state index contributed by atoms with van der Waals surface area (Å²) in [6.45, 7) is 1.96. The second-order valence-electron chi connectivity index (χ2n) is 7.13. The smallest absolute Gasteiger partial charge is 0.250 e. The number of nitrogens with zero attached hydrogens (tertiary/aromatic N) is 4. The number of phenolic OH excluding ortho intramolecular Hbond substituents is 1. The average Bonchev–Trinajstić information content (AvgIpc) is 3.29. The zero-order chi connectivity index (χ0) is 23.0. The number of amides is 1. The number of hydrogen-bond acceptors (Lipinski definition) is 6. The van der Waals surface area contributed by atoms with E-state index in [9.17, 15) is 9.90 Å². The summed E-state index contributed by atoms with van der Waals surface area (Å²) in [4.78, 5) is 12.5. The summed E-state index contributed by atoms with van der Waals surface area (Å²) in [5.41, 5.74) is 6.06. The van der Waals surface area contributed by atoms with Crippen LogP contribution in [0.1, 0.15) is 18.9 Å². The van der Waals surface area contributed by atoms with Gasteiger partial charge < -0.3 is 5.11 Å². The number of aromatic nitrogens is 3. The molecule has 0 aliphatic carbocycles. The van der Waals surface area contributed by atoms with E-state index in [2.05, 4.69) is 20.7 Å². The van der Waals surface area contributed by atoms with Gasteiger partial charge in [0.2, 0.25) is 0 Å². The highest BCUT2D eigenvalue weighted by atomic mass is 32.2. The summed E-state index contributed by atoms with van der Waals surface area (Å²) in [7, 11) is 0. The number of phenols is 1. The van der Waals surface area contributed by atoms with Crippen LogP contribution in [0, 0.1) is 0 Å². The number of rotatable bonds is 8. The summed E-state index contributed by atoms with van der Waals surface area (Å²) in [5.74, 6) is 0.791. The lowest BCUT2D eigenvalue weighted by Gasteiger charge is -2.10. The van der Waals surface area contributed by atoms with Crippen LogP contribution in [0.5, 0.6) is 5.75 Å². The van der Waals surface area contributed by atoms with Gasteiger partial charge in [-0.3, -0.25) is 9.36 Å². The predicted octanol–water partition coefficient (Wildman–Crippen LogP) is 4.66. The Morgan fingerprint density at radius 2 is 1.64 bits per heavy atom. The van der Waals surface area contributed by atoms with E-state index in [1.54, 1.807) is 24.3 Å². The zero-order valence-corrected chi connectivity index (χ0v) is 18.9. The van der Waals surface area contributed by atoms with Crippen LogP contribution in [0.25, 0.3) is 17.1 Å². The molecule has 4 rings (SSSR count). The van der Waals surface area contributed by atoms with Gasteiger partial charge in [-0.2, -0.15) is 5.10 Å². The fraction of sp³-hybridized carbons (Fsp3) is 0.120. The Labute approximate surface area is 196 Å². The molecule has 0 saturated heterocycles. The molecule has 0 spiro atoms. The molecule has 7 nitrogen and oxygen atoms in total. The van der Waals surface area contributed by atoms with Gasteiger partial charge in [-0.1, -0.05) is 67.2 Å². The maximum absolute atomic E-state index is 12.5. The average molecular weight is 458 g/mol. The molecule has 3 aromatic carbocycles. The first kappa shape index (κ1) is 22.3. The van der Waals surface area contributed by atoms with Crippen molar-refractivity contribution < 1.29 is 9.90 Å². The molecular formula is C25H23N5O2S. The van der Waals surface area contributed by atoms with Crippen molar-refractivity contribution in [2.75, 3.05) is 5.75 Å². The lowest BCUT2D eigenvalue weighted by Crippen LogP contribution is -2.22. The van der Waals surface area contributed by atoms with Gasteiger partial charge in [-0.25, -0.2) is 5.43 Å². The lowest BCUT2D eigenvalue weighted by atomic mass is 10.1. The maximum Gasteiger partial charge on any atom is 0.250 e. The Morgan fingerprint density at radius 1 is 0.970 bits per heavy atom. The number of para-hydroxylation sites is 1. The molecule has 33 heavy (non-hydrogen) atoms. The van der Waals surface area contributed by atoms with Crippen LogP contribution in [0.4, 0.5) is 0 Å². The number of nitrogens with one attached hydrogen (secondary N) is 1. The van der Waals surface area contributed by atoms with E-state index >= 15 is 0 Å². The third kappa shape index (κ3) is 5.48. The van der Waals surface area contributed by atoms with E-state index in [1.807, 2.05) is 72.2 Å². The second kappa shape index (κ2) is 10.6. The van der Waals surface area contributed by atoms with Crippen LogP contribution in [0.2, 0.25) is 0 Å². The first-order valence-electron chi connectivity index (χ1n) is 10.5. The van der Waals surface area contributed by atoms with E-state index in [0.717, 1.165) is 22.5 Å².